The van der Waals surface area contributed by atoms with Gasteiger partial charge in [0.25, 0.3) is 0 Å². The summed E-state index contributed by atoms with van der Waals surface area (Å²) >= 11 is 0. The third kappa shape index (κ3) is 10.4. The zero-order valence-electron chi connectivity index (χ0n) is 28.4. The number of aliphatic hydroxyl groups is 3. The standard InChI is InChI=1S/C30H49N7O13/c1-17(39)36-21-24(42)23(41)18(12-38)50-30(21)47-8-5-4-6-20(40)32-7-9-45-10-11-46-16-48-26-25(44-3)19(13-43-2)49-29(26)37-15-35-22-27(31)33-14-34-28(22)37/h14-15,18-19,21,23-26,29-30,38,41-42H,4-13,16H2,1-3H3,(H,32,40)(H,36,39)(H2,31,33,34)/t18-,19-,21-,23+,24-,25-,26-,29-,30-/m1/s1. The number of fused-ring (bicyclic) bond motifs is 1. The smallest absolute Gasteiger partial charge is 0.220 e. The second-order valence-electron chi connectivity index (χ2n) is 11.7. The van der Waals surface area contributed by atoms with Crippen LogP contribution in [-0.2, 0) is 47.5 Å². The van der Waals surface area contributed by atoms with Crippen molar-refractivity contribution in [1.29, 1.82) is 0 Å². The Morgan fingerprint density at radius 2 is 1.78 bits per heavy atom. The molecule has 0 saturated carbocycles. The molecule has 20 heteroatoms. The number of aromatic nitrogens is 4. The number of rotatable bonds is 21. The van der Waals surface area contributed by atoms with Gasteiger partial charge in [-0.05, 0) is 12.8 Å². The van der Waals surface area contributed by atoms with E-state index in [2.05, 4.69) is 25.6 Å². The fourth-order valence-corrected chi connectivity index (χ4v) is 5.71. The third-order valence-corrected chi connectivity index (χ3v) is 8.17. The Morgan fingerprint density at radius 1 is 0.980 bits per heavy atom. The maximum atomic E-state index is 12.2. The Labute approximate surface area is 288 Å². The molecule has 2 aliphatic heterocycles. The second kappa shape index (κ2) is 20.0. The molecule has 0 radical (unpaired) electrons. The highest BCUT2D eigenvalue weighted by Crippen LogP contribution is 2.35. The van der Waals surface area contributed by atoms with Gasteiger partial charge in [0.05, 0.1) is 39.4 Å². The molecule has 282 valence electrons. The topological polar surface area (TPSA) is 262 Å². The van der Waals surface area contributed by atoms with Crippen molar-refractivity contribution >= 4 is 28.8 Å². The minimum Gasteiger partial charge on any atom is -0.394 e. The van der Waals surface area contributed by atoms with Crippen molar-refractivity contribution in [3.8, 4) is 0 Å². The molecule has 9 atom stereocenters. The number of carbonyl (C=O) groups excluding carboxylic acids is 2. The van der Waals surface area contributed by atoms with Gasteiger partial charge in [-0.2, -0.15) is 0 Å². The summed E-state index contributed by atoms with van der Waals surface area (Å²) in [5.41, 5.74) is 6.89. The Hall–Kier alpha value is -3.15. The zero-order chi connectivity index (χ0) is 36.0. The minimum absolute atomic E-state index is 0.0665. The maximum Gasteiger partial charge on any atom is 0.220 e. The predicted molar refractivity (Wildman–Crippen MR) is 171 cm³/mol. The highest BCUT2D eigenvalue weighted by Gasteiger charge is 2.48. The summed E-state index contributed by atoms with van der Waals surface area (Å²) < 4.78 is 47.4. The number of nitrogen functional groups attached to an aromatic ring is 1. The molecule has 0 unspecified atom stereocenters. The normalized spacial score (nSPS) is 28.2. The van der Waals surface area contributed by atoms with Gasteiger partial charge in [0, 0.05) is 40.7 Å². The first-order valence-electron chi connectivity index (χ1n) is 16.3. The van der Waals surface area contributed by atoms with Crippen molar-refractivity contribution in [1.82, 2.24) is 30.2 Å². The molecule has 4 heterocycles. The van der Waals surface area contributed by atoms with Gasteiger partial charge < -0.3 is 69.6 Å². The summed E-state index contributed by atoms with van der Waals surface area (Å²) in [6, 6.07) is -1.01. The summed E-state index contributed by atoms with van der Waals surface area (Å²) in [6.45, 7) is 2.22. The molecule has 2 aromatic rings. The number of nitrogens with zero attached hydrogens (tertiary/aromatic N) is 4. The van der Waals surface area contributed by atoms with Gasteiger partial charge in [0.15, 0.2) is 24.0 Å². The molecule has 7 N–H and O–H groups in total. The molecule has 2 saturated heterocycles. The summed E-state index contributed by atoms with van der Waals surface area (Å²) in [5.74, 6) is -0.345. The van der Waals surface area contributed by atoms with Gasteiger partial charge in [-0.15, -0.1) is 0 Å². The molecule has 4 rings (SSSR count). The molecule has 50 heavy (non-hydrogen) atoms. The van der Waals surface area contributed by atoms with E-state index < -0.39 is 67.7 Å². The molecule has 0 spiro atoms. The lowest BCUT2D eigenvalue weighted by atomic mass is 9.97. The lowest BCUT2D eigenvalue weighted by Gasteiger charge is -2.42. The average Bonchev–Trinajstić information content (AvgIpc) is 3.68. The van der Waals surface area contributed by atoms with Crippen LogP contribution in [-0.4, -0.2) is 163 Å². The van der Waals surface area contributed by atoms with Crippen LogP contribution in [0.5, 0.6) is 0 Å². The van der Waals surface area contributed by atoms with Gasteiger partial charge >= 0.3 is 0 Å². The third-order valence-electron chi connectivity index (χ3n) is 8.17. The predicted octanol–water partition coefficient (Wildman–Crippen LogP) is -2.41. The van der Waals surface area contributed by atoms with Crippen molar-refractivity contribution in [2.45, 2.75) is 81.4 Å². The SMILES string of the molecule is COC[C@H]1O[C@@H](n2cnc3c(N)ncnc32)[C@H](OCOCCOCCNC(=O)CCCCO[C@@H]2O[C@H](CO)[C@H](O)[C@H](O)[C@H]2NC(C)=O)[C@@H]1OC. The lowest BCUT2D eigenvalue weighted by molar-refractivity contribution is -0.270. The zero-order valence-corrected chi connectivity index (χ0v) is 28.4. The van der Waals surface area contributed by atoms with Gasteiger partial charge in [-0.25, -0.2) is 15.0 Å². The summed E-state index contributed by atoms with van der Waals surface area (Å²) in [5, 5.41) is 35.1. The first-order chi connectivity index (χ1) is 24.2. The molecule has 2 amide bonds. The number of anilines is 1. The molecular weight excluding hydrogens is 666 g/mol. The lowest BCUT2D eigenvalue weighted by Crippen LogP contribution is -2.64. The van der Waals surface area contributed by atoms with Crippen LogP contribution in [0.3, 0.4) is 0 Å². The van der Waals surface area contributed by atoms with E-state index in [0.717, 1.165) is 0 Å². The maximum absolute atomic E-state index is 12.2. The fourth-order valence-electron chi connectivity index (χ4n) is 5.71. The van der Waals surface area contributed by atoms with E-state index in [4.69, 9.17) is 43.6 Å². The molecule has 0 aromatic carbocycles. The average molecular weight is 716 g/mol. The van der Waals surface area contributed by atoms with E-state index in [0.29, 0.717) is 30.6 Å². The van der Waals surface area contributed by atoms with Crippen molar-refractivity contribution in [3.63, 3.8) is 0 Å². The first kappa shape index (κ1) is 39.6. The summed E-state index contributed by atoms with van der Waals surface area (Å²) in [4.78, 5) is 36.3. The molecular formula is C30H49N7O13. The first-order valence-corrected chi connectivity index (χ1v) is 16.3. The van der Waals surface area contributed by atoms with E-state index in [1.165, 1.54) is 13.3 Å². The van der Waals surface area contributed by atoms with Crippen LogP contribution < -0.4 is 16.4 Å². The molecule has 2 fully saturated rings. The number of amides is 2. The van der Waals surface area contributed by atoms with Crippen LogP contribution in [0.25, 0.3) is 11.2 Å². The van der Waals surface area contributed by atoms with Gasteiger partial charge in [0.2, 0.25) is 11.8 Å². The van der Waals surface area contributed by atoms with E-state index in [1.807, 2.05) is 0 Å². The Bertz CT molecular complexity index is 1340. The Morgan fingerprint density at radius 3 is 2.52 bits per heavy atom. The molecule has 0 bridgehead atoms. The van der Waals surface area contributed by atoms with Crippen LogP contribution in [0.4, 0.5) is 5.82 Å². The van der Waals surface area contributed by atoms with Crippen molar-refractivity contribution in [3.05, 3.63) is 12.7 Å². The fraction of sp³-hybridized carbons (Fsp3) is 0.767. The largest absolute Gasteiger partial charge is 0.394 e. The number of hydrogen-bond donors (Lipinski definition) is 6. The van der Waals surface area contributed by atoms with Crippen LogP contribution in [0, 0.1) is 0 Å². The van der Waals surface area contributed by atoms with E-state index in [1.54, 1.807) is 25.1 Å². The molecule has 2 aliphatic rings. The van der Waals surface area contributed by atoms with E-state index in [9.17, 15) is 24.9 Å². The van der Waals surface area contributed by atoms with Crippen LogP contribution in [0.15, 0.2) is 12.7 Å². The number of hydrogen-bond acceptors (Lipinski definition) is 17. The van der Waals surface area contributed by atoms with E-state index in [-0.39, 0.29) is 58.0 Å². The van der Waals surface area contributed by atoms with Crippen LogP contribution in [0.1, 0.15) is 32.4 Å². The Kier molecular flexibility index (Phi) is 15.9. The van der Waals surface area contributed by atoms with Crippen LogP contribution in [0.2, 0.25) is 0 Å². The number of methoxy groups -OCH3 is 2. The highest BCUT2D eigenvalue weighted by molar-refractivity contribution is 5.81. The molecule has 20 nitrogen and oxygen atoms in total. The number of imidazole rings is 1. The van der Waals surface area contributed by atoms with Gasteiger partial charge in [-0.3, -0.25) is 14.2 Å². The monoisotopic (exact) mass is 715 g/mol. The quantitative estimate of drug-likeness (QED) is 0.0581. The van der Waals surface area contributed by atoms with Gasteiger partial charge in [0.1, 0.15) is 61.3 Å². The highest BCUT2D eigenvalue weighted by atomic mass is 16.7. The van der Waals surface area contributed by atoms with Crippen molar-refractivity contribution < 1.29 is 62.8 Å². The summed E-state index contributed by atoms with van der Waals surface area (Å²) in [7, 11) is 3.14. The number of aliphatic hydroxyl groups excluding tert-OH is 3. The molecule has 2 aromatic heterocycles. The number of nitrogens with two attached hydrogens (primary N) is 1. The van der Waals surface area contributed by atoms with Gasteiger partial charge in [-0.1, -0.05) is 0 Å². The van der Waals surface area contributed by atoms with E-state index >= 15 is 0 Å². The number of carbonyl (C=O) groups is 2. The number of ether oxygens (including phenoxy) is 8. The Balaban J connectivity index is 1.08. The minimum atomic E-state index is -1.39. The number of unbranched alkanes of at least 4 members (excludes halogenated alkanes) is 1. The van der Waals surface area contributed by atoms with Crippen LogP contribution >= 0.6 is 0 Å². The molecule has 0 aliphatic carbocycles. The second-order valence-corrected chi connectivity index (χ2v) is 11.7. The number of nitrogens with one attached hydrogen (secondary N) is 2. The van der Waals surface area contributed by atoms with Crippen molar-refractivity contribution in [2.75, 3.05) is 72.9 Å². The van der Waals surface area contributed by atoms with Crippen molar-refractivity contribution in [2.24, 2.45) is 0 Å². The summed E-state index contributed by atoms with van der Waals surface area (Å²) in [6.07, 6.45) is -2.85.